The number of allylic oxidation sites excluding steroid dienone is 3. The van der Waals surface area contributed by atoms with E-state index in [0.29, 0.717) is 0 Å². The Morgan fingerprint density at radius 3 is 2.59 bits per heavy atom. The van der Waals surface area contributed by atoms with E-state index < -0.39 is 0 Å². The Labute approximate surface area is 166 Å². The van der Waals surface area contributed by atoms with E-state index in [0.717, 1.165) is 6.42 Å². The van der Waals surface area contributed by atoms with Crippen molar-refractivity contribution in [2.24, 2.45) is 0 Å². The third-order valence-electron chi connectivity index (χ3n) is 5.61. The number of rotatable bonds is 4. The van der Waals surface area contributed by atoms with Gasteiger partial charge in [-0.1, -0.05) is 42.0 Å². The summed E-state index contributed by atoms with van der Waals surface area (Å²) in [6, 6.07) is 17.6. The molecule has 3 aromatic rings. The lowest BCUT2D eigenvalue weighted by Crippen LogP contribution is -2.30. The number of hydrogen-bond donors (Lipinski definition) is 0. The Morgan fingerprint density at radius 2 is 1.85 bits per heavy atom. The topological polar surface area (TPSA) is 3.01 Å². The van der Waals surface area contributed by atoms with E-state index in [1.165, 1.54) is 38.2 Å². The van der Waals surface area contributed by atoms with Crippen LogP contribution in [0.4, 0.5) is 5.69 Å². The highest BCUT2D eigenvalue weighted by molar-refractivity contribution is 7.10. The molecule has 2 heteroatoms. The minimum atomic E-state index is -0.0457. The van der Waals surface area contributed by atoms with Crippen molar-refractivity contribution in [3.63, 3.8) is 0 Å². The molecule has 136 valence electrons. The molecule has 0 spiro atoms. The maximum Gasteiger partial charge on any atom is 0.210 e. The monoisotopic (exact) mass is 372 g/mol. The Bertz CT molecular complexity index is 1080. The fourth-order valence-electron chi connectivity index (χ4n) is 4.21. The van der Waals surface area contributed by atoms with E-state index in [4.69, 9.17) is 0 Å². The van der Waals surface area contributed by atoms with Gasteiger partial charge in [0, 0.05) is 22.6 Å². The van der Waals surface area contributed by atoms with Gasteiger partial charge in [0.15, 0.2) is 5.71 Å². The van der Waals surface area contributed by atoms with E-state index in [1.54, 1.807) is 11.3 Å². The number of benzene rings is 2. The molecule has 1 unspecified atom stereocenters. The van der Waals surface area contributed by atoms with Crippen molar-refractivity contribution in [3.05, 3.63) is 82.1 Å². The standard InChI is InChI=1S/C25H26NS/c1-18(2)15-16-25(3)23(14-12-20-9-7-17-27-20)26(4)22-13-11-19-8-5-6-10-21(19)24(22)25/h5-15,17H,16H2,1-4H3/q+1/b14-12+. The molecule has 0 saturated carbocycles. The molecular weight excluding hydrogens is 346 g/mol. The van der Waals surface area contributed by atoms with Crippen molar-refractivity contribution in [2.75, 3.05) is 7.05 Å². The molecule has 1 atom stereocenters. The largest absolute Gasteiger partial charge is 0.210 e. The summed E-state index contributed by atoms with van der Waals surface area (Å²) < 4.78 is 2.38. The van der Waals surface area contributed by atoms with Gasteiger partial charge in [0.25, 0.3) is 0 Å². The van der Waals surface area contributed by atoms with Crippen LogP contribution in [-0.2, 0) is 5.41 Å². The molecule has 1 aliphatic heterocycles. The van der Waals surface area contributed by atoms with E-state index >= 15 is 0 Å². The molecule has 1 aliphatic rings. The molecule has 27 heavy (non-hydrogen) atoms. The normalized spacial score (nSPS) is 19.1. The van der Waals surface area contributed by atoms with Crippen molar-refractivity contribution in [1.29, 1.82) is 0 Å². The summed E-state index contributed by atoms with van der Waals surface area (Å²) in [5, 5.41) is 4.82. The van der Waals surface area contributed by atoms with Gasteiger partial charge >= 0.3 is 0 Å². The Kier molecular flexibility index (Phi) is 4.61. The van der Waals surface area contributed by atoms with Gasteiger partial charge in [-0.25, -0.2) is 0 Å². The predicted molar refractivity (Wildman–Crippen MR) is 120 cm³/mol. The van der Waals surface area contributed by atoms with Crippen LogP contribution < -0.4 is 0 Å². The third kappa shape index (κ3) is 3.08. The van der Waals surface area contributed by atoms with Crippen molar-refractivity contribution in [1.82, 2.24) is 0 Å². The first kappa shape index (κ1) is 17.9. The average molecular weight is 373 g/mol. The quantitative estimate of drug-likeness (QED) is 0.344. The maximum atomic E-state index is 2.40. The Balaban J connectivity index is 1.93. The minimum Gasteiger partial charge on any atom is -0.198 e. The van der Waals surface area contributed by atoms with Crippen molar-refractivity contribution >= 4 is 39.6 Å². The summed E-state index contributed by atoms with van der Waals surface area (Å²) in [7, 11) is 2.20. The highest BCUT2D eigenvalue weighted by Crippen LogP contribution is 2.46. The summed E-state index contributed by atoms with van der Waals surface area (Å²) in [6.45, 7) is 6.77. The van der Waals surface area contributed by atoms with Crippen LogP contribution in [0.3, 0.4) is 0 Å². The van der Waals surface area contributed by atoms with Gasteiger partial charge in [0.2, 0.25) is 5.69 Å². The second kappa shape index (κ2) is 6.94. The molecular formula is C25H26NS+. The fraction of sp³-hybridized carbons (Fsp3) is 0.240. The van der Waals surface area contributed by atoms with Gasteiger partial charge < -0.3 is 0 Å². The molecule has 0 fully saturated rings. The molecule has 4 rings (SSSR count). The molecule has 0 N–H and O–H groups in total. The lowest BCUT2D eigenvalue weighted by atomic mass is 9.74. The first-order chi connectivity index (χ1) is 13.0. The van der Waals surface area contributed by atoms with Gasteiger partial charge in [-0.2, -0.15) is 4.58 Å². The van der Waals surface area contributed by atoms with Gasteiger partial charge in [0.1, 0.15) is 7.05 Å². The van der Waals surface area contributed by atoms with Crippen LogP contribution in [0.1, 0.15) is 37.6 Å². The summed E-state index contributed by atoms with van der Waals surface area (Å²) in [5.41, 5.74) is 5.46. The first-order valence-corrected chi connectivity index (χ1v) is 10.4. The van der Waals surface area contributed by atoms with E-state index in [-0.39, 0.29) is 5.41 Å². The number of thiophene rings is 1. The van der Waals surface area contributed by atoms with Crippen LogP contribution in [0.15, 0.2) is 71.6 Å². The lowest BCUT2D eigenvalue weighted by Gasteiger charge is -2.22. The van der Waals surface area contributed by atoms with Crippen LogP contribution in [0, 0.1) is 0 Å². The van der Waals surface area contributed by atoms with Crippen LogP contribution in [0.5, 0.6) is 0 Å². The molecule has 0 bridgehead atoms. The average Bonchev–Trinajstić information content (AvgIpc) is 3.25. The molecule has 0 amide bonds. The fourth-order valence-corrected chi connectivity index (χ4v) is 4.82. The molecule has 0 radical (unpaired) electrons. The lowest BCUT2D eigenvalue weighted by molar-refractivity contribution is -0.401. The van der Waals surface area contributed by atoms with Gasteiger partial charge in [-0.15, -0.1) is 11.3 Å². The zero-order valence-electron chi connectivity index (χ0n) is 16.5. The highest BCUT2D eigenvalue weighted by atomic mass is 32.1. The van der Waals surface area contributed by atoms with Crippen LogP contribution >= 0.6 is 11.3 Å². The van der Waals surface area contributed by atoms with Crippen LogP contribution in [-0.4, -0.2) is 17.3 Å². The zero-order chi connectivity index (χ0) is 19.0. The van der Waals surface area contributed by atoms with Gasteiger partial charge in [-0.05, 0) is 61.6 Å². The second-order valence-electron chi connectivity index (χ2n) is 7.79. The van der Waals surface area contributed by atoms with Crippen molar-refractivity contribution in [2.45, 2.75) is 32.6 Å². The molecule has 0 saturated heterocycles. The summed E-state index contributed by atoms with van der Waals surface area (Å²) in [6.07, 6.45) is 7.96. The van der Waals surface area contributed by atoms with E-state index in [2.05, 4.69) is 105 Å². The number of nitrogens with zero attached hydrogens (tertiary/aromatic N) is 1. The first-order valence-electron chi connectivity index (χ1n) is 9.49. The van der Waals surface area contributed by atoms with Crippen LogP contribution in [0.25, 0.3) is 16.8 Å². The third-order valence-corrected chi connectivity index (χ3v) is 6.45. The maximum absolute atomic E-state index is 2.40. The zero-order valence-corrected chi connectivity index (χ0v) is 17.3. The van der Waals surface area contributed by atoms with Gasteiger partial charge in [-0.3, -0.25) is 0 Å². The van der Waals surface area contributed by atoms with Gasteiger partial charge in [0.05, 0.1) is 5.41 Å². The summed E-state index contributed by atoms with van der Waals surface area (Å²) in [4.78, 5) is 1.29. The Morgan fingerprint density at radius 1 is 1.04 bits per heavy atom. The Hall–Kier alpha value is -2.45. The smallest absolute Gasteiger partial charge is 0.198 e. The predicted octanol–water partition coefficient (Wildman–Crippen LogP) is 6.96. The van der Waals surface area contributed by atoms with Crippen molar-refractivity contribution < 1.29 is 4.58 Å². The molecule has 1 aromatic heterocycles. The summed E-state index contributed by atoms with van der Waals surface area (Å²) >= 11 is 1.78. The molecule has 1 nitrogen and oxygen atoms in total. The minimum absolute atomic E-state index is 0.0457. The summed E-state index contributed by atoms with van der Waals surface area (Å²) in [5.74, 6) is 0. The van der Waals surface area contributed by atoms with E-state index in [9.17, 15) is 0 Å². The number of fused-ring (bicyclic) bond motifs is 3. The van der Waals surface area contributed by atoms with E-state index in [1.807, 2.05) is 0 Å². The van der Waals surface area contributed by atoms with Crippen LogP contribution in [0.2, 0.25) is 0 Å². The molecule has 0 aliphatic carbocycles. The highest BCUT2D eigenvalue weighted by Gasteiger charge is 2.46. The SMILES string of the molecule is CC(C)=CCC1(C)C(/C=C/c2cccs2)=[N+](C)c2ccc3ccccc3c21. The van der Waals surface area contributed by atoms with Crippen molar-refractivity contribution in [3.8, 4) is 0 Å². The molecule has 2 heterocycles. The second-order valence-corrected chi connectivity index (χ2v) is 8.77. The molecule has 2 aromatic carbocycles. The number of hydrogen-bond acceptors (Lipinski definition) is 1.